The lowest BCUT2D eigenvalue weighted by molar-refractivity contribution is -0.214. The Labute approximate surface area is 113 Å². The van der Waals surface area contributed by atoms with Crippen LogP contribution in [0.25, 0.3) is 0 Å². The standard InChI is InChI=1S/C14H23BrO2/c1-10(2)12-7-6-11(3)13(8-12)17-14(4,9-15)16-5/h6,12-13H,1,7-9H2,2-5H3/t12-,13-,14?/m1/s1. The highest BCUT2D eigenvalue weighted by Crippen LogP contribution is 2.33. The first kappa shape index (κ1) is 14.9. The van der Waals surface area contributed by atoms with Crippen molar-refractivity contribution in [1.29, 1.82) is 0 Å². The van der Waals surface area contributed by atoms with Gasteiger partial charge in [-0.2, -0.15) is 0 Å². The Morgan fingerprint density at radius 3 is 2.76 bits per heavy atom. The van der Waals surface area contributed by atoms with Gasteiger partial charge in [-0.3, -0.25) is 0 Å². The minimum atomic E-state index is -0.559. The highest BCUT2D eigenvalue weighted by Gasteiger charge is 2.31. The molecule has 1 aliphatic rings. The van der Waals surface area contributed by atoms with Crippen molar-refractivity contribution in [3.05, 3.63) is 23.8 Å². The average Bonchev–Trinajstić information content (AvgIpc) is 2.31. The fourth-order valence-corrected chi connectivity index (χ4v) is 2.34. The Balaban J connectivity index is 2.73. The van der Waals surface area contributed by atoms with Gasteiger partial charge in [0.2, 0.25) is 0 Å². The van der Waals surface area contributed by atoms with E-state index < -0.39 is 5.79 Å². The van der Waals surface area contributed by atoms with E-state index in [0.29, 0.717) is 11.2 Å². The number of hydrogen-bond donors (Lipinski definition) is 0. The molecule has 0 aromatic heterocycles. The van der Waals surface area contributed by atoms with Gasteiger partial charge >= 0.3 is 0 Å². The molecule has 0 spiro atoms. The lowest BCUT2D eigenvalue weighted by Crippen LogP contribution is -2.39. The molecule has 0 saturated carbocycles. The normalized spacial score (nSPS) is 28.4. The van der Waals surface area contributed by atoms with Crippen LogP contribution >= 0.6 is 15.9 Å². The van der Waals surface area contributed by atoms with E-state index in [2.05, 4.69) is 42.4 Å². The molecule has 0 aromatic rings. The largest absolute Gasteiger partial charge is 0.353 e. The van der Waals surface area contributed by atoms with Gasteiger partial charge in [0.1, 0.15) is 0 Å². The summed E-state index contributed by atoms with van der Waals surface area (Å²) in [6.45, 7) is 10.2. The fraction of sp³-hybridized carbons (Fsp3) is 0.714. The quantitative estimate of drug-likeness (QED) is 0.433. The minimum absolute atomic E-state index is 0.132. The SMILES string of the molecule is C=C(C)[C@@H]1CC=C(C)[C@H](OC(C)(CBr)OC)C1. The molecule has 3 heteroatoms. The summed E-state index contributed by atoms with van der Waals surface area (Å²) in [5.74, 6) is -0.0309. The van der Waals surface area contributed by atoms with Crippen LogP contribution in [0.4, 0.5) is 0 Å². The van der Waals surface area contributed by atoms with Gasteiger partial charge < -0.3 is 9.47 Å². The molecule has 1 rings (SSSR count). The van der Waals surface area contributed by atoms with Crippen LogP contribution in [0, 0.1) is 5.92 Å². The molecule has 0 heterocycles. The molecule has 0 saturated heterocycles. The van der Waals surface area contributed by atoms with Gasteiger partial charge in [0.05, 0.1) is 11.4 Å². The molecule has 0 N–H and O–H groups in total. The number of alkyl halides is 1. The predicted octanol–water partition coefficient (Wildman–Crippen LogP) is 4.06. The maximum absolute atomic E-state index is 6.09. The van der Waals surface area contributed by atoms with Crippen LogP contribution in [-0.4, -0.2) is 24.3 Å². The summed E-state index contributed by atoms with van der Waals surface area (Å²) in [4.78, 5) is 0. The molecule has 0 aromatic carbocycles. The first-order chi connectivity index (χ1) is 7.91. The van der Waals surface area contributed by atoms with Gasteiger partial charge in [-0.25, -0.2) is 0 Å². The summed E-state index contributed by atoms with van der Waals surface area (Å²) in [7, 11) is 1.68. The van der Waals surface area contributed by atoms with Crippen LogP contribution in [0.3, 0.4) is 0 Å². The first-order valence-corrected chi connectivity index (χ1v) is 7.15. The van der Waals surface area contributed by atoms with Crippen LogP contribution in [-0.2, 0) is 9.47 Å². The van der Waals surface area contributed by atoms with Crippen LogP contribution in [0.1, 0.15) is 33.6 Å². The maximum atomic E-state index is 6.09. The fourth-order valence-electron chi connectivity index (χ4n) is 1.98. The van der Waals surface area contributed by atoms with Gasteiger partial charge in [0.15, 0.2) is 5.79 Å². The van der Waals surface area contributed by atoms with Gasteiger partial charge in [-0.05, 0) is 45.1 Å². The molecule has 0 radical (unpaired) electrons. The molecular formula is C14H23BrO2. The Morgan fingerprint density at radius 2 is 2.29 bits per heavy atom. The van der Waals surface area contributed by atoms with Crippen LogP contribution < -0.4 is 0 Å². The van der Waals surface area contributed by atoms with Crippen LogP contribution in [0.5, 0.6) is 0 Å². The van der Waals surface area contributed by atoms with Crippen molar-refractivity contribution in [1.82, 2.24) is 0 Å². The van der Waals surface area contributed by atoms with E-state index in [1.165, 1.54) is 11.1 Å². The Bertz CT molecular complexity index is 305. The molecule has 1 unspecified atom stereocenters. The second-order valence-electron chi connectivity index (χ2n) is 5.04. The van der Waals surface area contributed by atoms with E-state index in [4.69, 9.17) is 9.47 Å². The van der Waals surface area contributed by atoms with Gasteiger partial charge in [-0.15, -0.1) is 0 Å². The van der Waals surface area contributed by atoms with Crippen molar-refractivity contribution in [2.24, 2.45) is 5.92 Å². The predicted molar refractivity (Wildman–Crippen MR) is 75.4 cm³/mol. The van der Waals surface area contributed by atoms with Crippen molar-refractivity contribution >= 4 is 15.9 Å². The summed E-state index contributed by atoms with van der Waals surface area (Å²) in [6, 6.07) is 0. The third-order valence-electron chi connectivity index (χ3n) is 3.49. The molecule has 2 nitrogen and oxygen atoms in total. The number of halogens is 1. The minimum Gasteiger partial charge on any atom is -0.353 e. The highest BCUT2D eigenvalue weighted by molar-refractivity contribution is 9.09. The summed E-state index contributed by atoms with van der Waals surface area (Å²) in [5, 5.41) is 0.665. The summed E-state index contributed by atoms with van der Waals surface area (Å²) in [6.07, 6.45) is 4.48. The molecule has 0 fully saturated rings. The van der Waals surface area contributed by atoms with Crippen molar-refractivity contribution < 1.29 is 9.47 Å². The second-order valence-corrected chi connectivity index (χ2v) is 5.60. The topological polar surface area (TPSA) is 18.5 Å². The Morgan fingerprint density at radius 1 is 1.65 bits per heavy atom. The molecule has 0 aliphatic heterocycles. The van der Waals surface area contributed by atoms with E-state index in [1.807, 2.05) is 6.92 Å². The Hall–Kier alpha value is -0.120. The first-order valence-electron chi connectivity index (χ1n) is 6.03. The zero-order valence-electron chi connectivity index (χ0n) is 11.3. The smallest absolute Gasteiger partial charge is 0.175 e. The lowest BCUT2D eigenvalue weighted by Gasteiger charge is -2.36. The molecule has 3 atom stereocenters. The zero-order valence-corrected chi connectivity index (χ0v) is 12.8. The Kier molecular flexibility index (Phi) is 5.42. The average molecular weight is 303 g/mol. The van der Waals surface area contributed by atoms with E-state index in [0.717, 1.165) is 12.8 Å². The molecule has 0 bridgehead atoms. The van der Waals surface area contributed by atoms with E-state index in [9.17, 15) is 0 Å². The van der Waals surface area contributed by atoms with E-state index >= 15 is 0 Å². The molecule has 98 valence electrons. The summed E-state index contributed by atoms with van der Waals surface area (Å²) in [5.41, 5.74) is 2.53. The van der Waals surface area contributed by atoms with E-state index in [1.54, 1.807) is 7.11 Å². The third-order valence-corrected chi connectivity index (χ3v) is 4.51. The monoisotopic (exact) mass is 302 g/mol. The van der Waals surface area contributed by atoms with Crippen LogP contribution in [0.15, 0.2) is 23.8 Å². The summed E-state index contributed by atoms with van der Waals surface area (Å²) < 4.78 is 11.5. The van der Waals surface area contributed by atoms with Gasteiger partial charge in [-0.1, -0.05) is 34.2 Å². The molecular weight excluding hydrogens is 280 g/mol. The molecule has 0 amide bonds. The number of methoxy groups -OCH3 is 1. The lowest BCUT2D eigenvalue weighted by atomic mass is 9.84. The maximum Gasteiger partial charge on any atom is 0.175 e. The number of rotatable bonds is 5. The van der Waals surface area contributed by atoms with Crippen molar-refractivity contribution in [3.63, 3.8) is 0 Å². The highest BCUT2D eigenvalue weighted by atomic mass is 79.9. The zero-order chi connectivity index (χ0) is 13.1. The number of ether oxygens (including phenoxy) is 2. The number of allylic oxidation sites excluding steroid dienone is 2. The number of hydrogen-bond acceptors (Lipinski definition) is 2. The van der Waals surface area contributed by atoms with Crippen molar-refractivity contribution in [2.45, 2.75) is 45.5 Å². The van der Waals surface area contributed by atoms with Crippen LogP contribution in [0.2, 0.25) is 0 Å². The van der Waals surface area contributed by atoms with Gasteiger partial charge in [0, 0.05) is 7.11 Å². The van der Waals surface area contributed by atoms with Gasteiger partial charge in [0.25, 0.3) is 0 Å². The summed E-state index contributed by atoms with van der Waals surface area (Å²) >= 11 is 3.44. The van der Waals surface area contributed by atoms with Crippen molar-refractivity contribution in [2.75, 3.05) is 12.4 Å². The van der Waals surface area contributed by atoms with E-state index in [-0.39, 0.29) is 6.10 Å². The van der Waals surface area contributed by atoms with Crippen molar-refractivity contribution in [3.8, 4) is 0 Å². The molecule has 1 aliphatic carbocycles. The second kappa shape index (κ2) is 6.17. The molecule has 17 heavy (non-hydrogen) atoms. The third kappa shape index (κ3) is 3.94.